The first-order valence-corrected chi connectivity index (χ1v) is 11.1. The summed E-state index contributed by atoms with van der Waals surface area (Å²) in [5.74, 6) is 2.55. The second-order valence-electron chi connectivity index (χ2n) is 7.01. The van der Waals surface area contributed by atoms with E-state index in [1.54, 1.807) is 0 Å². The predicted octanol–water partition coefficient (Wildman–Crippen LogP) is 3.73. The number of guanidine groups is 1. The van der Waals surface area contributed by atoms with Crippen LogP contribution in [0.3, 0.4) is 0 Å². The number of rotatable bonds is 4. The van der Waals surface area contributed by atoms with Gasteiger partial charge in [-0.15, -0.1) is 24.0 Å². The van der Waals surface area contributed by atoms with E-state index >= 15 is 0 Å². The van der Waals surface area contributed by atoms with Crippen LogP contribution in [0.25, 0.3) is 0 Å². The molecule has 1 aliphatic carbocycles. The summed E-state index contributed by atoms with van der Waals surface area (Å²) >= 11 is 5.02. The van der Waals surface area contributed by atoms with Gasteiger partial charge in [0.05, 0.1) is 0 Å². The number of nitrogens with one attached hydrogen (secondary N) is 1. The molecule has 9 heteroatoms. The van der Waals surface area contributed by atoms with E-state index in [-0.39, 0.29) is 24.0 Å². The minimum absolute atomic E-state index is 0. The van der Waals surface area contributed by atoms with Crippen molar-refractivity contribution < 1.29 is 0 Å². The Morgan fingerprint density at radius 2 is 1.96 bits per heavy atom. The molecule has 2 unspecified atom stereocenters. The molecule has 1 aromatic heterocycles. The number of aliphatic imine (C=N–C) groups is 1. The van der Waals surface area contributed by atoms with E-state index in [2.05, 4.69) is 76.6 Å². The zero-order valence-corrected chi connectivity index (χ0v) is 20.9. The maximum Gasteiger partial charge on any atom is 0.205 e. The number of anilines is 1. The zero-order chi connectivity index (χ0) is 18.8. The summed E-state index contributed by atoms with van der Waals surface area (Å²) in [5.41, 5.74) is 1.40. The quantitative estimate of drug-likeness (QED) is 0.341. The Labute approximate surface area is 196 Å². The van der Waals surface area contributed by atoms with Crippen molar-refractivity contribution in [1.82, 2.24) is 19.6 Å². The van der Waals surface area contributed by atoms with E-state index in [1.165, 1.54) is 23.5 Å². The van der Waals surface area contributed by atoms with Crippen LogP contribution in [0, 0.1) is 0 Å². The summed E-state index contributed by atoms with van der Waals surface area (Å²) in [7, 11) is 1.88. The standard InChI is InChI=1S/C19H25BrN6S.HI/c1-3-17-23-19(27-24-17)26-10-8-25(9-11-26)18(21-2)22-16-12-15(16)13-4-6-14(20)7-5-13;/h4-7,15-16H,3,8-12H2,1-2H3,(H,21,22);1H. The van der Waals surface area contributed by atoms with Crippen LogP contribution in [0.15, 0.2) is 33.7 Å². The molecule has 2 aliphatic rings. The Morgan fingerprint density at radius 3 is 2.57 bits per heavy atom. The van der Waals surface area contributed by atoms with E-state index in [0.29, 0.717) is 12.0 Å². The fourth-order valence-electron chi connectivity index (χ4n) is 3.52. The minimum atomic E-state index is 0. The summed E-state index contributed by atoms with van der Waals surface area (Å²) < 4.78 is 5.54. The molecular formula is C19H26BrIN6S. The fourth-order valence-corrected chi connectivity index (χ4v) is 4.59. The van der Waals surface area contributed by atoms with Gasteiger partial charge < -0.3 is 15.1 Å². The Balaban J connectivity index is 0.00000225. The highest BCUT2D eigenvalue weighted by Gasteiger charge is 2.39. The van der Waals surface area contributed by atoms with Gasteiger partial charge >= 0.3 is 0 Å². The molecule has 2 fully saturated rings. The molecule has 0 bridgehead atoms. The third-order valence-corrected chi connectivity index (χ3v) is 6.58. The average molecular weight is 577 g/mol. The molecule has 0 amide bonds. The first-order chi connectivity index (χ1) is 13.2. The van der Waals surface area contributed by atoms with Gasteiger partial charge in [0.1, 0.15) is 5.82 Å². The lowest BCUT2D eigenvalue weighted by atomic mass is 10.1. The minimum Gasteiger partial charge on any atom is -0.353 e. The lowest BCUT2D eigenvalue weighted by molar-refractivity contribution is 0.372. The van der Waals surface area contributed by atoms with Crippen molar-refractivity contribution in [3.63, 3.8) is 0 Å². The number of halogens is 2. The highest BCUT2D eigenvalue weighted by Crippen LogP contribution is 2.41. The number of aromatic nitrogens is 2. The fraction of sp³-hybridized carbons (Fsp3) is 0.526. The lowest BCUT2D eigenvalue weighted by Gasteiger charge is -2.36. The van der Waals surface area contributed by atoms with E-state index in [9.17, 15) is 0 Å². The average Bonchev–Trinajstić information content (AvgIpc) is 3.30. The normalized spacial score (nSPS) is 22.0. The van der Waals surface area contributed by atoms with Crippen molar-refractivity contribution in [3.8, 4) is 0 Å². The van der Waals surface area contributed by atoms with Gasteiger partial charge in [-0.1, -0.05) is 35.0 Å². The van der Waals surface area contributed by atoms with Crippen LogP contribution in [-0.4, -0.2) is 59.5 Å². The van der Waals surface area contributed by atoms with Crippen LogP contribution in [0.5, 0.6) is 0 Å². The van der Waals surface area contributed by atoms with Crippen molar-refractivity contribution >= 4 is 62.5 Å². The van der Waals surface area contributed by atoms with Crippen molar-refractivity contribution in [2.45, 2.75) is 31.7 Å². The van der Waals surface area contributed by atoms with Crippen LogP contribution in [0.1, 0.15) is 30.7 Å². The number of nitrogens with zero attached hydrogens (tertiary/aromatic N) is 5. The van der Waals surface area contributed by atoms with Gasteiger partial charge in [-0.25, -0.2) is 4.98 Å². The van der Waals surface area contributed by atoms with Crippen LogP contribution in [0.2, 0.25) is 0 Å². The number of piperazine rings is 1. The van der Waals surface area contributed by atoms with E-state index < -0.39 is 0 Å². The number of hydrogen-bond donors (Lipinski definition) is 1. The molecule has 0 radical (unpaired) electrons. The van der Waals surface area contributed by atoms with E-state index in [1.807, 2.05) is 7.05 Å². The largest absolute Gasteiger partial charge is 0.353 e. The maximum atomic E-state index is 4.62. The highest BCUT2D eigenvalue weighted by atomic mass is 127. The van der Waals surface area contributed by atoms with Gasteiger partial charge in [-0.2, -0.15) is 4.37 Å². The number of aryl methyl sites for hydroxylation is 1. The van der Waals surface area contributed by atoms with Gasteiger partial charge in [-0.3, -0.25) is 4.99 Å². The monoisotopic (exact) mass is 576 g/mol. The van der Waals surface area contributed by atoms with Gasteiger partial charge in [0.2, 0.25) is 5.13 Å². The first kappa shape index (κ1) is 21.8. The smallest absolute Gasteiger partial charge is 0.205 e. The summed E-state index contributed by atoms with van der Waals surface area (Å²) in [5, 5.41) is 4.71. The SMILES string of the molecule is CCc1nsc(N2CCN(C(=NC)NC3CC3c3ccc(Br)cc3)CC2)n1.I. The van der Waals surface area contributed by atoms with Gasteiger partial charge in [0.25, 0.3) is 0 Å². The lowest BCUT2D eigenvalue weighted by Crippen LogP contribution is -2.53. The molecule has 2 heterocycles. The number of benzene rings is 1. The topological polar surface area (TPSA) is 56.7 Å². The number of hydrogen-bond acceptors (Lipinski definition) is 5. The Hall–Kier alpha value is -0.940. The molecular weight excluding hydrogens is 551 g/mol. The van der Waals surface area contributed by atoms with Crippen LogP contribution >= 0.6 is 51.4 Å². The van der Waals surface area contributed by atoms with Gasteiger partial charge in [0.15, 0.2) is 5.96 Å². The van der Waals surface area contributed by atoms with E-state index in [0.717, 1.165) is 54.0 Å². The second kappa shape index (κ2) is 9.71. The van der Waals surface area contributed by atoms with Crippen molar-refractivity contribution in [2.75, 3.05) is 38.1 Å². The van der Waals surface area contributed by atoms with Crippen LogP contribution in [0.4, 0.5) is 5.13 Å². The molecule has 4 rings (SSSR count). The molecule has 1 saturated heterocycles. The molecule has 2 atom stereocenters. The van der Waals surface area contributed by atoms with Gasteiger partial charge in [-0.05, 0) is 24.1 Å². The molecule has 0 spiro atoms. The molecule has 152 valence electrons. The Morgan fingerprint density at radius 1 is 1.25 bits per heavy atom. The summed E-state index contributed by atoms with van der Waals surface area (Å²) in [6.45, 7) is 5.92. The van der Waals surface area contributed by atoms with Crippen LogP contribution in [-0.2, 0) is 6.42 Å². The Bertz CT molecular complexity index is 803. The first-order valence-electron chi connectivity index (χ1n) is 9.49. The maximum absolute atomic E-state index is 4.62. The van der Waals surface area contributed by atoms with Gasteiger partial charge in [0, 0.05) is 67.6 Å². The molecule has 1 aliphatic heterocycles. The van der Waals surface area contributed by atoms with Crippen molar-refractivity contribution in [2.24, 2.45) is 4.99 Å². The molecule has 6 nitrogen and oxygen atoms in total. The summed E-state index contributed by atoms with van der Waals surface area (Å²) in [6.07, 6.45) is 2.07. The van der Waals surface area contributed by atoms with E-state index in [4.69, 9.17) is 0 Å². The van der Waals surface area contributed by atoms with Crippen molar-refractivity contribution in [3.05, 3.63) is 40.1 Å². The van der Waals surface area contributed by atoms with Crippen LogP contribution < -0.4 is 10.2 Å². The second-order valence-corrected chi connectivity index (χ2v) is 8.66. The Kier molecular flexibility index (Phi) is 7.54. The predicted molar refractivity (Wildman–Crippen MR) is 130 cm³/mol. The zero-order valence-electron chi connectivity index (χ0n) is 16.1. The third-order valence-electron chi connectivity index (χ3n) is 5.24. The molecule has 1 N–H and O–H groups in total. The highest BCUT2D eigenvalue weighted by molar-refractivity contribution is 14.0. The van der Waals surface area contributed by atoms with Crippen molar-refractivity contribution in [1.29, 1.82) is 0 Å². The summed E-state index contributed by atoms with van der Waals surface area (Å²) in [4.78, 5) is 13.8. The summed E-state index contributed by atoms with van der Waals surface area (Å²) in [6, 6.07) is 9.15. The molecule has 2 aromatic rings. The third kappa shape index (κ3) is 4.96. The molecule has 28 heavy (non-hydrogen) atoms. The molecule has 1 saturated carbocycles. The molecule has 1 aromatic carbocycles.